The van der Waals surface area contributed by atoms with Crippen LogP contribution in [0.15, 0.2) is 22.5 Å². The summed E-state index contributed by atoms with van der Waals surface area (Å²) in [6, 6.07) is 3.87. The molecular formula is C20H30N4O3S. The number of rotatable bonds is 9. The zero-order chi connectivity index (χ0) is 20.5. The average molecular weight is 407 g/mol. The first-order chi connectivity index (χ1) is 13.5. The lowest BCUT2D eigenvalue weighted by atomic mass is 10.1. The molecule has 2 rings (SSSR count). The van der Waals surface area contributed by atoms with Crippen LogP contribution >= 0.6 is 11.3 Å². The van der Waals surface area contributed by atoms with Gasteiger partial charge in [0.2, 0.25) is 5.75 Å². The highest BCUT2D eigenvalue weighted by molar-refractivity contribution is 7.09. The highest BCUT2D eigenvalue weighted by Crippen LogP contribution is 2.39. The summed E-state index contributed by atoms with van der Waals surface area (Å²) < 4.78 is 16.3. The molecule has 1 aromatic heterocycles. The van der Waals surface area contributed by atoms with Crippen molar-refractivity contribution in [2.75, 3.05) is 34.9 Å². The summed E-state index contributed by atoms with van der Waals surface area (Å²) in [5, 5.41) is 9.79. The fourth-order valence-corrected chi connectivity index (χ4v) is 3.62. The van der Waals surface area contributed by atoms with Crippen molar-refractivity contribution >= 4 is 17.3 Å². The Morgan fingerprint density at radius 1 is 1.11 bits per heavy atom. The van der Waals surface area contributed by atoms with Crippen molar-refractivity contribution in [3.63, 3.8) is 0 Å². The SMILES string of the molecule is CN=C(NCCc1ccc(OC)c(OC)c1OC)NCc1nc(C(C)C)cs1. The van der Waals surface area contributed by atoms with Gasteiger partial charge < -0.3 is 24.8 Å². The summed E-state index contributed by atoms with van der Waals surface area (Å²) in [5.74, 6) is 3.13. The second-order valence-corrected chi connectivity index (χ2v) is 7.36. The molecular weight excluding hydrogens is 376 g/mol. The summed E-state index contributed by atoms with van der Waals surface area (Å²) in [5.41, 5.74) is 2.16. The van der Waals surface area contributed by atoms with Gasteiger partial charge in [0, 0.05) is 24.5 Å². The number of benzene rings is 1. The van der Waals surface area contributed by atoms with Gasteiger partial charge in [0.15, 0.2) is 17.5 Å². The molecule has 1 aromatic carbocycles. The Labute approximate surface area is 171 Å². The van der Waals surface area contributed by atoms with Crippen LogP contribution in [0, 0.1) is 0 Å². The van der Waals surface area contributed by atoms with Crippen LogP contribution in [0.25, 0.3) is 0 Å². The molecule has 1 heterocycles. The first kappa shape index (κ1) is 21.8. The van der Waals surface area contributed by atoms with E-state index in [4.69, 9.17) is 14.2 Å². The highest BCUT2D eigenvalue weighted by atomic mass is 32.1. The minimum atomic E-state index is 0.443. The number of thiazole rings is 1. The molecule has 0 atom stereocenters. The third-order valence-corrected chi connectivity index (χ3v) is 5.13. The van der Waals surface area contributed by atoms with Crippen molar-refractivity contribution < 1.29 is 14.2 Å². The highest BCUT2D eigenvalue weighted by Gasteiger charge is 2.15. The first-order valence-corrected chi connectivity index (χ1v) is 10.1. The largest absolute Gasteiger partial charge is 0.493 e. The van der Waals surface area contributed by atoms with Gasteiger partial charge in [-0.3, -0.25) is 4.99 Å². The number of ether oxygens (including phenoxy) is 3. The molecule has 0 spiro atoms. The molecule has 0 aliphatic heterocycles. The average Bonchev–Trinajstić information content (AvgIpc) is 3.19. The molecule has 0 saturated heterocycles. The smallest absolute Gasteiger partial charge is 0.203 e. The van der Waals surface area contributed by atoms with Crippen LogP contribution in [0.4, 0.5) is 0 Å². The summed E-state index contributed by atoms with van der Waals surface area (Å²) in [6.45, 7) is 5.64. The monoisotopic (exact) mass is 406 g/mol. The van der Waals surface area contributed by atoms with E-state index in [1.54, 1.807) is 39.7 Å². The van der Waals surface area contributed by atoms with Crippen molar-refractivity contribution in [3.8, 4) is 17.2 Å². The van der Waals surface area contributed by atoms with Crippen molar-refractivity contribution in [3.05, 3.63) is 33.8 Å². The van der Waals surface area contributed by atoms with Crippen LogP contribution in [0.2, 0.25) is 0 Å². The second-order valence-electron chi connectivity index (χ2n) is 6.42. The lowest BCUT2D eigenvalue weighted by molar-refractivity contribution is 0.322. The predicted molar refractivity (Wildman–Crippen MR) is 114 cm³/mol. The number of hydrogen-bond donors (Lipinski definition) is 2. The zero-order valence-electron chi connectivity index (χ0n) is 17.5. The molecule has 8 heteroatoms. The van der Waals surface area contributed by atoms with Crippen molar-refractivity contribution in [1.82, 2.24) is 15.6 Å². The quantitative estimate of drug-likeness (QED) is 0.492. The number of methoxy groups -OCH3 is 3. The lowest BCUT2D eigenvalue weighted by Gasteiger charge is -2.16. The Morgan fingerprint density at radius 2 is 1.86 bits per heavy atom. The normalized spacial score (nSPS) is 11.5. The maximum Gasteiger partial charge on any atom is 0.203 e. The fourth-order valence-electron chi connectivity index (χ4n) is 2.73. The Kier molecular flexibility index (Phi) is 8.38. The molecule has 2 aromatic rings. The Hall–Kier alpha value is -2.48. The number of hydrogen-bond acceptors (Lipinski definition) is 6. The van der Waals surface area contributed by atoms with Gasteiger partial charge >= 0.3 is 0 Å². The van der Waals surface area contributed by atoms with E-state index in [1.165, 1.54) is 0 Å². The van der Waals surface area contributed by atoms with E-state index in [-0.39, 0.29) is 0 Å². The van der Waals surface area contributed by atoms with Crippen molar-refractivity contribution in [2.24, 2.45) is 4.99 Å². The third kappa shape index (κ3) is 5.51. The summed E-state index contributed by atoms with van der Waals surface area (Å²) in [6.07, 6.45) is 0.749. The van der Waals surface area contributed by atoms with E-state index in [2.05, 4.69) is 39.8 Å². The lowest BCUT2D eigenvalue weighted by Crippen LogP contribution is -2.37. The number of nitrogens with one attached hydrogen (secondary N) is 2. The Bertz CT molecular complexity index is 790. The van der Waals surface area contributed by atoms with Gasteiger partial charge in [-0.1, -0.05) is 19.9 Å². The Balaban J connectivity index is 1.92. The summed E-state index contributed by atoms with van der Waals surface area (Å²) >= 11 is 1.66. The second kappa shape index (κ2) is 10.8. The minimum absolute atomic E-state index is 0.443. The van der Waals surface area contributed by atoms with Crippen LogP contribution in [-0.2, 0) is 13.0 Å². The Morgan fingerprint density at radius 3 is 2.43 bits per heavy atom. The van der Waals surface area contributed by atoms with Gasteiger partial charge in [0.25, 0.3) is 0 Å². The molecule has 154 valence electrons. The van der Waals surface area contributed by atoms with Crippen LogP contribution in [0.5, 0.6) is 17.2 Å². The molecule has 0 fully saturated rings. The maximum atomic E-state index is 5.54. The molecule has 0 saturated carbocycles. The number of aromatic nitrogens is 1. The molecule has 0 amide bonds. The predicted octanol–water partition coefficient (Wildman–Crippen LogP) is 3.20. The van der Waals surface area contributed by atoms with E-state index in [0.29, 0.717) is 36.3 Å². The minimum Gasteiger partial charge on any atom is -0.493 e. The van der Waals surface area contributed by atoms with Gasteiger partial charge in [0.05, 0.1) is 33.6 Å². The van der Waals surface area contributed by atoms with Gasteiger partial charge in [0.1, 0.15) is 5.01 Å². The molecule has 0 unspecified atom stereocenters. The van der Waals surface area contributed by atoms with Gasteiger partial charge in [-0.2, -0.15) is 0 Å². The fraction of sp³-hybridized carbons (Fsp3) is 0.500. The van der Waals surface area contributed by atoms with Gasteiger partial charge in [-0.15, -0.1) is 11.3 Å². The van der Waals surface area contributed by atoms with Crippen LogP contribution in [0.1, 0.15) is 36.0 Å². The summed E-state index contributed by atoms with van der Waals surface area (Å²) in [4.78, 5) is 8.91. The van der Waals surface area contributed by atoms with E-state index < -0.39 is 0 Å². The van der Waals surface area contributed by atoms with Gasteiger partial charge in [-0.05, 0) is 18.4 Å². The van der Waals surface area contributed by atoms with Crippen LogP contribution < -0.4 is 24.8 Å². The maximum absolute atomic E-state index is 5.54. The van der Waals surface area contributed by atoms with Crippen molar-refractivity contribution in [1.29, 1.82) is 0 Å². The van der Waals surface area contributed by atoms with E-state index in [0.717, 1.165) is 28.6 Å². The third-order valence-electron chi connectivity index (χ3n) is 4.26. The zero-order valence-corrected chi connectivity index (χ0v) is 18.3. The van der Waals surface area contributed by atoms with Crippen LogP contribution in [0.3, 0.4) is 0 Å². The molecule has 0 bridgehead atoms. The molecule has 2 N–H and O–H groups in total. The van der Waals surface area contributed by atoms with E-state index in [9.17, 15) is 0 Å². The van der Waals surface area contributed by atoms with E-state index >= 15 is 0 Å². The molecule has 28 heavy (non-hydrogen) atoms. The molecule has 7 nitrogen and oxygen atoms in total. The molecule has 0 aliphatic carbocycles. The number of guanidine groups is 1. The summed E-state index contributed by atoms with van der Waals surface area (Å²) in [7, 11) is 6.61. The van der Waals surface area contributed by atoms with E-state index in [1.807, 2.05) is 12.1 Å². The standard InChI is InChI=1S/C20H30N4O3S/c1-13(2)15-12-28-17(24-15)11-23-20(21-3)22-10-9-14-7-8-16(25-4)19(27-6)18(14)26-5/h7-8,12-13H,9-11H2,1-6H3,(H2,21,22,23). The first-order valence-electron chi connectivity index (χ1n) is 9.20. The van der Waals surface area contributed by atoms with Crippen molar-refractivity contribution in [2.45, 2.75) is 32.7 Å². The number of nitrogens with zero attached hydrogens (tertiary/aromatic N) is 2. The molecule has 0 radical (unpaired) electrons. The van der Waals surface area contributed by atoms with Gasteiger partial charge in [-0.25, -0.2) is 4.98 Å². The van der Waals surface area contributed by atoms with Crippen LogP contribution in [-0.4, -0.2) is 45.9 Å². The number of aliphatic imine (C=N–C) groups is 1. The molecule has 0 aliphatic rings. The topological polar surface area (TPSA) is 77.0 Å².